The number of hydrogen-bond acceptors (Lipinski definition) is 3. The van der Waals surface area contributed by atoms with Gasteiger partial charge in [-0.2, -0.15) is 0 Å². The summed E-state index contributed by atoms with van der Waals surface area (Å²) in [5.41, 5.74) is 7.92. The number of carbonyl (C=O) groups excluding carboxylic acids is 1. The summed E-state index contributed by atoms with van der Waals surface area (Å²) < 4.78 is 13.0. The number of aryl methyl sites for hydroxylation is 1. The zero-order valence-corrected chi connectivity index (χ0v) is 12.9. The standard InChI is InChI=1S/C15H14ClFN2OS/c1-9-2-3-10(18)6-14(9)21-8-15(20)19-11-4-5-13(17)12(16)7-11/h2-7H,8,18H2,1H3,(H,19,20). The van der Waals surface area contributed by atoms with Crippen LogP contribution in [0.4, 0.5) is 15.8 Å². The lowest BCUT2D eigenvalue weighted by Gasteiger charge is -2.08. The predicted octanol–water partition coefficient (Wildman–Crippen LogP) is 4.10. The molecule has 2 aromatic rings. The number of nitrogens with two attached hydrogens (primary N) is 1. The average molecular weight is 325 g/mol. The van der Waals surface area contributed by atoms with Crippen LogP contribution in [0.3, 0.4) is 0 Å². The minimum Gasteiger partial charge on any atom is -0.399 e. The molecule has 0 bridgehead atoms. The van der Waals surface area contributed by atoms with Crippen molar-refractivity contribution in [1.29, 1.82) is 0 Å². The zero-order chi connectivity index (χ0) is 15.4. The molecule has 6 heteroatoms. The molecule has 0 aliphatic carbocycles. The zero-order valence-electron chi connectivity index (χ0n) is 11.3. The van der Waals surface area contributed by atoms with Gasteiger partial charge in [-0.1, -0.05) is 17.7 Å². The molecule has 0 spiro atoms. The van der Waals surface area contributed by atoms with Crippen molar-refractivity contribution < 1.29 is 9.18 Å². The Bertz CT molecular complexity index is 679. The van der Waals surface area contributed by atoms with Gasteiger partial charge < -0.3 is 11.1 Å². The molecule has 21 heavy (non-hydrogen) atoms. The molecule has 0 radical (unpaired) electrons. The van der Waals surface area contributed by atoms with Crippen LogP contribution in [0.5, 0.6) is 0 Å². The molecule has 0 fully saturated rings. The molecule has 2 rings (SSSR count). The van der Waals surface area contributed by atoms with Crippen molar-refractivity contribution in [3.63, 3.8) is 0 Å². The number of carbonyl (C=O) groups is 1. The van der Waals surface area contributed by atoms with E-state index in [-0.39, 0.29) is 16.7 Å². The maximum absolute atomic E-state index is 13.0. The predicted molar refractivity (Wildman–Crippen MR) is 86.4 cm³/mol. The molecule has 3 nitrogen and oxygen atoms in total. The summed E-state index contributed by atoms with van der Waals surface area (Å²) in [6.45, 7) is 1.96. The van der Waals surface area contributed by atoms with Crippen LogP contribution in [-0.4, -0.2) is 11.7 Å². The SMILES string of the molecule is Cc1ccc(N)cc1SCC(=O)Nc1ccc(F)c(Cl)c1. The normalized spacial score (nSPS) is 10.4. The Morgan fingerprint density at radius 3 is 2.81 bits per heavy atom. The highest BCUT2D eigenvalue weighted by molar-refractivity contribution is 8.00. The summed E-state index contributed by atoms with van der Waals surface area (Å²) in [7, 11) is 0. The van der Waals surface area contributed by atoms with Crippen LogP contribution in [-0.2, 0) is 4.79 Å². The van der Waals surface area contributed by atoms with Gasteiger partial charge in [0, 0.05) is 16.3 Å². The molecule has 0 atom stereocenters. The molecular weight excluding hydrogens is 311 g/mol. The molecular formula is C15H14ClFN2OS. The third kappa shape index (κ3) is 4.37. The van der Waals surface area contributed by atoms with Gasteiger partial charge in [-0.3, -0.25) is 4.79 Å². The second-order valence-electron chi connectivity index (χ2n) is 4.49. The Morgan fingerprint density at radius 1 is 1.33 bits per heavy atom. The van der Waals surface area contributed by atoms with Crippen LogP contribution in [0.15, 0.2) is 41.3 Å². The van der Waals surface area contributed by atoms with Crippen LogP contribution in [0, 0.1) is 12.7 Å². The molecule has 0 unspecified atom stereocenters. The Labute approximate surface area is 131 Å². The van der Waals surface area contributed by atoms with Gasteiger partial charge in [-0.15, -0.1) is 11.8 Å². The lowest BCUT2D eigenvalue weighted by molar-refractivity contribution is -0.113. The van der Waals surface area contributed by atoms with E-state index in [1.54, 1.807) is 0 Å². The molecule has 0 aliphatic heterocycles. The van der Waals surface area contributed by atoms with Crippen molar-refractivity contribution in [2.75, 3.05) is 16.8 Å². The summed E-state index contributed by atoms with van der Waals surface area (Å²) in [5, 5.41) is 2.65. The van der Waals surface area contributed by atoms with Crippen LogP contribution < -0.4 is 11.1 Å². The van der Waals surface area contributed by atoms with Crippen molar-refractivity contribution in [3.05, 3.63) is 52.8 Å². The van der Waals surface area contributed by atoms with Gasteiger partial charge in [0.15, 0.2) is 0 Å². The van der Waals surface area contributed by atoms with E-state index >= 15 is 0 Å². The lowest BCUT2D eigenvalue weighted by atomic mass is 10.2. The molecule has 110 valence electrons. The quantitative estimate of drug-likeness (QED) is 0.657. The fourth-order valence-electron chi connectivity index (χ4n) is 1.69. The maximum atomic E-state index is 13.0. The first kappa shape index (κ1) is 15.7. The van der Waals surface area contributed by atoms with Gasteiger partial charge in [0.25, 0.3) is 0 Å². The van der Waals surface area contributed by atoms with E-state index in [9.17, 15) is 9.18 Å². The Morgan fingerprint density at radius 2 is 2.10 bits per heavy atom. The van der Waals surface area contributed by atoms with E-state index in [1.807, 2.05) is 25.1 Å². The van der Waals surface area contributed by atoms with E-state index in [2.05, 4.69) is 5.32 Å². The molecule has 0 aliphatic rings. The number of hydrogen-bond donors (Lipinski definition) is 2. The fraction of sp³-hybridized carbons (Fsp3) is 0.133. The smallest absolute Gasteiger partial charge is 0.234 e. The number of anilines is 2. The fourth-order valence-corrected chi connectivity index (χ4v) is 2.74. The third-order valence-corrected chi connectivity index (χ3v) is 4.22. The Kier molecular flexibility index (Phi) is 5.09. The van der Waals surface area contributed by atoms with Gasteiger partial charge in [0.1, 0.15) is 5.82 Å². The van der Waals surface area contributed by atoms with E-state index in [1.165, 1.54) is 30.0 Å². The Hall–Kier alpha value is -1.72. The molecule has 3 N–H and O–H groups in total. The number of benzene rings is 2. The summed E-state index contributed by atoms with van der Waals surface area (Å²) in [6.07, 6.45) is 0. The first-order chi connectivity index (χ1) is 9.95. The van der Waals surface area contributed by atoms with Gasteiger partial charge in [-0.05, 0) is 42.8 Å². The molecule has 0 saturated carbocycles. The topological polar surface area (TPSA) is 55.1 Å². The number of thioether (sulfide) groups is 1. The monoisotopic (exact) mass is 324 g/mol. The summed E-state index contributed by atoms with van der Waals surface area (Å²) >= 11 is 7.06. The lowest BCUT2D eigenvalue weighted by Crippen LogP contribution is -2.14. The second kappa shape index (κ2) is 6.83. The molecule has 2 aromatic carbocycles. The van der Waals surface area contributed by atoms with Gasteiger partial charge in [-0.25, -0.2) is 4.39 Å². The Balaban J connectivity index is 1.95. The van der Waals surface area contributed by atoms with E-state index in [0.717, 1.165) is 10.5 Å². The highest BCUT2D eigenvalue weighted by Gasteiger charge is 2.07. The van der Waals surface area contributed by atoms with Crippen molar-refractivity contribution in [2.24, 2.45) is 0 Å². The molecule has 1 amide bonds. The highest BCUT2D eigenvalue weighted by Crippen LogP contribution is 2.25. The minimum absolute atomic E-state index is 0.0212. The highest BCUT2D eigenvalue weighted by atomic mass is 35.5. The van der Waals surface area contributed by atoms with Crippen molar-refractivity contribution in [2.45, 2.75) is 11.8 Å². The number of rotatable bonds is 4. The molecule has 0 heterocycles. The van der Waals surface area contributed by atoms with Crippen LogP contribution in [0.25, 0.3) is 0 Å². The average Bonchev–Trinajstić information content (AvgIpc) is 2.44. The first-order valence-electron chi connectivity index (χ1n) is 6.19. The van der Waals surface area contributed by atoms with E-state index in [4.69, 9.17) is 17.3 Å². The summed E-state index contributed by atoms with van der Waals surface area (Å²) in [5.74, 6) is -0.469. The van der Waals surface area contributed by atoms with Crippen molar-refractivity contribution in [1.82, 2.24) is 0 Å². The van der Waals surface area contributed by atoms with E-state index in [0.29, 0.717) is 11.4 Å². The van der Waals surface area contributed by atoms with Gasteiger partial charge in [0.05, 0.1) is 10.8 Å². The van der Waals surface area contributed by atoms with Crippen LogP contribution in [0.2, 0.25) is 5.02 Å². The van der Waals surface area contributed by atoms with Crippen LogP contribution >= 0.6 is 23.4 Å². The van der Waals surface area contributed by atoms with Gasteiger partial charge >= 0.3 is 0 Å². The summed E-state index contributed by atoms with van der Waals surface area (Å²) in [4.78, 5) is 12.8. The van der Waals surface area contributed by atoms with Gasteiger partial charge in [0.2, 0.25) is 5.91 Å². The van der Waals surface area contributed by atoms with E-state index < -0.39 is 5.82 Å². The third-order valence-electron chi connectivity index (χ3n) is 2.77. The molecule has 0 aromatic heterocycles. The van der Waals surface area contributed by atoms with Crippen LogP contribution in [0.1, 0.15) is 5.56 Å². The number of amides is 1. The largest absolute Gasteiger partial charge is 0.399 e. The number of nitrogens with one attached hydrogen (secondary N) is 1. The number of halogens is 2. The first-order valence-corrected chi connectivity index (χ1v) is 7.56. The van der Waals surface area contributed by atoms with Crippen molar-refractivity contribution >= 4 is 40.6 Å². The molecule has 0 saturated heterocycles. The maximum Gasteiger partial charge on any atom is 0.234 e. The number of nitrogen functional groups attached to an aromatic ring is 1. The summed E-state index contributed by atoms with van der Waals surface area (Å²) in [6, 6.07) is 9.63. The minimum atomic E-state index is -0.514. The van der Waals surface area contributed by atoms with Crippen molar-refractivity contribution in [3.8, 4) is 0 Å². The second-order valence-corrected chi connectivity index (χ2v) is 5.92.